The number of ether oxygens (including phenoxy) is 2. The standard InChI is InChI=1S/C21H22O9/c22-10-15-17(24)18(25)19(26)21(30-15)29-13-8-12(16(20(27)28)14(23)9-13)7-6-11-4-2-1-3-5-11/h1-9,15,17-19,21-26H,10H2,(H,27,28)/t15-,17+,18+,19-,21-/m0/s1. The molecule has 3 rings (SSSR count). The molecular weight excluding hydrogens is 396 g/mol. The Kier molecular flexibility index (Phi) is 6.70. The summed E-state index contributed by atoms with van der Waals surface area (Å²) in [7, 11) is 0. The molecule has 0 bridgehead atoms. The summed E-state index contributed by atoms with van der Waals surface area (Å²) >= 11 is 0. The van der Waals surface area contributed by atoms with Gasteiger partial charge >= 0.3 is 5.97 Å². The van der Waals surface area contributed by atoms with E-state index in [0.29, 0.717) is 0 Å². The Morgan fingerprint density at radius 2 is 1.73 bits per heavy atom. The van der Waals surface area contributed by atoms with Crippen LogP contribution >= 0.6 is 0 Å². The summed E-state index contributed by atoms with van der Waals surface area (Å²) in [5, 5.41) is 58.7. The third-order valence-electron chi connectivity index (χ3n) is 4.69. The molecule has 9 heteroatoms. The maximum Gasteiger partial charge on any atom is 0.340 e. The highest BCUT2D eigenvalue weighted by molar-refractivity contribution is 5.96. The number of aromatic hydroxyl groups is 1. The average molecular weight is 418 g/mol. The van der Waals surface area contributed by atoms with Crippen molar-refractivity contribution in [3.8, 4) is 11.5 Å². The fourth-order valence-corrected chi connectivity index (χ4v) is 3.10. The van der Waals surface area contributed by atoms with Crippen molar-refractivity contribution in [3.05, 3.63) is 59.2 Å². The third kappa shape index (κ3) is 4.61. The van der Waals surface area contributed by atoms with E-state index in [4.69, 9.17) is 9.47 Å². The van der Waals surface area contributed by atoms with E-state index >= 15 is 0 Å². The number of carbonyl (C=O) groups is 1. The van der Waals surface area contributed by atoms with Gasteiger partial charge in [0.05, 0.1) is 6.61 Å². The van der Waals surface area contributed by atoms with Gasteiger partial charge in [0.15, 0.2) is 0 Å². The van der Waals surface area contributed by atoms with Crippen LogP contribution in [0.4, 0.5) is 0 Å². The smallest absolute Gasteiger partial charge is 0.340 e. The first-order valence-electron chi connectivity index (χ1n) is 9.12. The zero-order chi connectivity index (χ0) is 21.8. The second-order valence-corrected chi connectivity index (χ2v) is 6.77. The van der Waals surface area contributed by atoms with E-state index in [0.717, 1.165) is 11.6 Å². The molecule has 1 saturated heterocycles. The number of carboxylic acids is 1. The Labute approximate surface area is 171 Å². The molecule has 1 aliphatic rings. The molecule has 1 aliphatic heterocycles. The molecular formula is C21H22O9. The first kappa shape index (κ1) is 21.8. The van der Waals surface area contributed by atoms with Gasteiger partial charge < -0.3 is 40.1 Å². The molecule has 9 nitrogen and oxygen atoms in total. The molecule has 0 spiro atoms. The van der Waals surface area contributed by atoms with Crippen LogP contribution in [-0.2, 0) is 4.74 Å². The van der Waals surface area contributed by atoms with Gasteiger partial charge in [0.2, 0.25) is 6.29 Å². The van der Waals surface area contributed by atoms with Gasteiger partial charge in [-0.15, -0.1) is 0 Å². The molecule has 2 aromatic carbocycles. The molecule has 0 aromatic heterocycles. The monoisotopic (exact) mass is 418 g/mol. The molecule has 0 unspecified atom stereocenters. The fraction of sp³-hybridized carbons (Fsp3) is 0.286. The van der Waals surface area contributed by atoms with Gasteiger partial charge in [-0.2, -0.15) is 0 Å². The third-order valence-corrected chi connectivity index (χ3v) is 4.69. The van der Waals surface area contributed by atoms with Crippen molar-refractivity contribution in [1.29, 1.82) is 0 Å². The summed E-state index contributed by atoms with van der Waals surface area (Å²) in [6.45, 7) is -0.626. The van der Waals surface area contributed by atoms with Crippen molar-refractivity contribution >= 4 is 18.1 Å². The van der Waals surface area contributed by atoms with Crippen LogP contribution in [0, 0.1) is 0 Å². The van der Waals surface area contributed by atoms with Crippen LogP contribution in [0.15, 0.2) is 42.5 Å². The SMILES string of the molecule is O=C(O)c1c(O)cc(O[C@H]2O[C@@H](CO)[C@@H](O)[C@@H](O)[C@@H]2O)cc1C=Cc1ccccc1. The molecule has 2 aromatic rings. The number of hydrogen-bond acceptors (Lipinski definition) is 8. The number of phenols is 1. The van der Waals surface area contributed by atoms with Gasteiger partial charge in [-0.3, -0.25) is 0 Å². The molecule has 1 fully saturated rings. The Morgan fingerprint density at radius 1 is 1.03 bits per heavy atom. The minimum atomic E-state index is -1.65. The Balaban J connectivity index is 1.91. The lowest BCUT2D eigenvalue weighted by Gasteiger charge is -2.39. The van der Waals surface area contributed by atoms with Crippen LogP contribution < -0.4 is 4.74 Å². The Bertz CT molecular complexity index is 910. The summed E-state index contributed by atoms with van der Waals surface area (Å²) in [4.78, 5) is 11.6. The van der Waals surface area contributed by atoms with Crippen LogP contribution in [-0.4, -0.2) is 73.9 Å². The van der Waals surface area contributed by atoms with E-state index in [1.807, 2.05) is 30.3 Å². The van der Waals surface area contributed by atoms with Crippen LogP contribution in [0.5, 0.6) is 11.5 Å². The number of benzene rings is 2. The molecule has 160 valence electrons. The van der Waals surface area contributed by atoms with E-state index in [9.17, 15) is 35.4 Å². The molecule has 0 radical (unpaired) electrons. The number of carboxylic acid groups (broad SMARTS) is 1. The predicted octanol–water partition coefficient (Wildman–Crippen LogP) is 0.439. The molecule has 0 aliphatic carbocycles. The summed E-state index contributed by atoms with van der Waals surface area (Å²) in [6, 6.07) is 11.4. The average Bonchev–Trinajstić information content (AvgIpc) is 2.72. The minimum Gasteiger partial charge on any atom is -0.507 e. The van der Waals surface area contributed by atoms with Crippen LogP contribution in [0.25, 0.3) is 12.2 Å². The van der Waals surface area contributed by atoms with Crippen molar-refractivity contribution in [2.75, 3.05) is 6.61 Å². The second kappa shape index (κ2) is 9.24. The van der Waals surface area contributed by atoms with Crippen LogP contribution in [0.2, 0.25) is 0 Å². The zero-order valence-corrected chi connectivity index (χ0v) is 15.7. The van der Waals surface area contributed by atoms with Gasteiger partial charge in [-0.1, -0.05) is 42.5 Å². The summed E-state index contributed by atoms with van der Waals surface area (Å²) in [6.07, 6.45) is -4.33. The van der Waals surface area contributed by atoms with Crippen molar-refractivity contribution in [3.63, 3.8) is 0 Å². The highest BCUT2D eigenvalue weighted by Crippen LogP contribution is 2.32. The van der Waals surface area contributed by atoms with E-state index in [1.165, 1.54) is 12.1 Å². The number of aromatic carboxylic acids is 1. The maximum atomic E-state index is 11.6. The molecule has 0 amide bonds. The minimum absolute atomic E-state index is 0.0467. The molecule has 6 N–H and O–H groups in total. The first-order chi connectivity index (χ1) is 14.3. The first-order valence-corrected chi connectivity index (χ1v) is 9.12. The number of hydrogen-bond donors (Lipinski definition) is 6. The lowest BCUT2D eigenvalue weighted by molar-refractivity contribution is -0.277. The predicted molar refractivity (Wildman–Crippen MR) is 105 cm³/mol. The quantitative estimate of drug-likeness (QED) is 0.366. The highest BCUT2D eigenvalue weighted by atomic mass is 16.7. The van der Waals surface area contributed by atoms with Gasteiger partial charge in [0.1, 0.15) is 41.5 Å². The molecule has 30 heavy (non-hydrogen) atoms. The highest BCUT2D eigenvalue weighted by Gasteiger charge is 2.44. The van der Waals surface area contributed by atoms with Crippen LogP contribution in [0.1, 0.15) is 21.5 Å². The number of aliphatic hydroxyl groups is 4. The van der Waals surface area contributed by atoms with Gasteiger partial charge in [-0.05, 0) is 17.2 Å². The maximum absolute atomic E-state index is 11.6. The molecule has 0 saturated carbocycles. The number of aliphatic hydroxyl groups excluding tert-OH is 4. The lowest BCUT2D eigenvalue weighted by atomic mass is 9.99. The Morgan fingerprint density at radius 3 is 2.37 bits per heavy atom. The normalized spacial score (nSPS) is 26.6. The lowest BCUT2D eigenvalue weighted by Crippen LogP contribution is -2.60. The summed E-state index contributed by atoms with van der Waals surface area (Å²) < 4.78 is 10.8. The summed E-state index contributed by atoms with van der Waals surface area (Å²) in [5.74, 6) is -1.97. The zero-order valence-electron chi connectivity index (χ0n) is 15.7. The van der Waals surface area contributed by atoms with Crippen molar-refractivity contribution in [2.45, 2.75) is 30.7 Å². The molecule has 1 heterocycles. The van der Waals surface area contributed by atoms with Crippen molar-refractivity contribution < 1.29 is 44.9 Å². The van der Waals surface area contributed by atoms with Crippen LogP contribution in [0.3, 0.4) is 0 Å². The topological polar surface area (TPSA) is 157 Å². The number of rotatable bonds is 6. The van der Waals surface area contributed by atoms with Gasteiger partial charge in [-0.25, -0.2) is 4.79 Å². The van der Waals surface area contributed by atoms with E-state index in [1.54, 1.807) is 6.08 Å². The van der Waals surface area contributed by atoms with E-state index in [-0.39, 0.29) is 16.9 Å². The fourth-order valence-electron chi connectivity index (χ4n) is 3.10. The van der Waals surface area contributed by atoms with E-state index in [2.05, 4.69) is 0 Å². The van der Waals surface area contributed by atoms with Crippen molar-refractivity contribution in [2.24, 2.45) is 0 Å². The van der Waals surface area contributed by atoms with Crippen molar-refractivity contribution in [1.82, 2.24) is 0 Å². The van der Waals surface area contributed by atoms with Gasteiger partial charge in [0.25, 0.3) is 0 Å². The largest absolute Gasteiger partial charge is 0.507 e. The Hall–Kier alpha value is -2.95. The molecule has 5 atom stereocenters. The van der Waals surface area contributed by atoms with E-state index < -0.39 is 49.0 Å². The van der Waals surface area contributed by atoms with Gasteiger partial charge in [0, 0.05) is 6.07 Å². The summed E-state index contributed by atoms with van der Waals surface area (Å²) in [5.41, 5.74) is 0.586. The second-order valence-electron chi connectivity index (χ2n) is 6.77.